The van der Waals surface area contributed by atoms with Crippen molar-refractivity contribution in [3.8, 4) is 5.75 Å². The highest BCUT2D eigenvalue weighted by Gasteiger charge is 1.99. The predicted octanol–water partition coefficient (Wildman–Crippen LogP) is 0.134. The summed E-state index contributed by atoms with van der Waals surface area (Å²) in [5.74, 6) is 0.0914. The molecular formula is C9H10NO3-. The van der Waals surface area contributed by atoms with E-state index in [1.807, 2.05) is 6.92 Å². The fourth-order valence-electron chi connectivity index (χ4n) is 0.991. The van der Waals surface area contributed by atoms with Crippen molar-refractivity contribution in [3.05, 3.63) is 29.3 Å². The Morgan fingerprint density at radius 1 is 1.62 bits per heavy atom. The molecule has 0 unspecified atom stereocenters. The van der Waals surface area contributed by atoms with Gasteiger partial charge in [0, 0.05) is 12.1 Å². The third-order valence-corrected chi connectivity index (χ3v) is 1.66. The van der Waals surface area contributed by atoms with Crippen LogP contribution in [-0.4, -0.2) is 11.2 Å². The lowest BCUT2D eigenvalue weighted by Crippen LogP contribution is -2.35. The monoisotopic (exact) mass is 180 g/mol. The van der Waals surface area contributed by atoms with Crippen LogP contribution in [0.5, 0.6) is 5.75 Å². The fourth-order valence-corrected chi connectivity index (χ4v) is 0.991. The van der Waals surface area contributed by atoms with Gasteiger partial charge in [0.2, 0.25) is 0 Å². The molecule has 0 aliphatic carbocycles. The van der Waals surface area contributed by atoms with E-state index in [1.54, 1.807) is 18.2 Å². The SMILES string of the molecule is Cc1ccc(CNC(=O)[O-])c(O)c1. The number of carbonyl (C=O) groups excluding carboxylic acids is 1. The lowest BCUT2D eigenvalue weighted by molar-refractivity contribution is -0.251. The van der Waals surface area contributed by atoms with Crippen molar-refractivity contribution >= 4 is 6.09 Å². The predicted molar refractivity (Wildman–Crippen MR) is 45.1 cm³/mol. The normalized spacial score (nSPS) is 9.62. The molecule has 0 aliphatic rings. The molecule has 0 bridgehead atoms. The van der Waals surface area contributed by atoms with E-state index in [1.165, 1.54) is 0 Å². The number of aryl methyl sites for hydroxylation is 1. The van der Waals surface area contributed by atoms with Crippen molar-refractivity contribution in [1.82, 2.24) is 5.32 Å². The standard InChI is InChI=1S/C9H11NO3/c1-6-2-3-7(8(11)4-6)5-10-9(12)13/h2-4,10-11H,5H2,1H3,(H,12,13)/p-1. The topological polar surface area (TPSA) is 72.4 Å². The van der Waals surface area contributed by atoms with Gasteiger partial charge >= 0.3 is 0 Å². The smallest absolute Gasteiger partial charge is 0.134 e. The summed E-state index contributed by atoms with van der Waals surface area (Å²) in [7, 11) is 0. The maximum atomic E-state index is 10.0. The summed E-state index contributed by atoms with van der Waals surface area (Å²) in [5, 5.41) is 21.5. The van der Waals surface area contributed by atoms with Gasteiger partial charge in [0.1, 0.15) is 11.8 Å². The van der Waals surface area contributed by atoms with E-state index in [0.29, 0.717) is 5.56 Å². The van der Waals surface area contributed by atoms with E-state index in [-0.39, 0.29) is 12.3 Å². The maximum absolute atomic E-state index is 10.0. The third kappa shape index (κ3) is 2.66. The summed E-state index contributed by atoms with van der Waals surface area (Å²) >= 11 is 0. The van der Waals surface area contributed by atoms with Crippen molar-refractivity contribution in [2.45, 2.75) is 13.5 Å². The highest BCUT2D eigenvalue weighted by atomic mass is 16.4. The quantitative estimate of drug-likeness (QED) is 0.679. The van der Waals surface area contributed by atoms with E-state index in [0.717, 1.165) is 5.56 Å². The first-order valence-corrected chi connectivity index (χ1v) is 3.83. The molecule has 13 heavy (non-hydrogen) atoms. The van der Waals surface area contributed by atoms with E-state index < -0.39 is 6.09 Å². The van der Waals surface area contributed by atoms with Gasteiger partial charge in [0.25, 0.3) is 0 Å². The zero-order chi connectivity index (χ0) is 9.84. The van der Waals surface area contributed by atoms with Gasteiger partial charge in [-0.1, -0.05) is 12.1 Å². The molecule has 0 aromatic heterocycles. The van der Waals surface area contributed by atoms with Crippen LogP contribution >= 0.6 is 0 Å². The number of hydrogen-bond donors (Lipinski definition) is 2. The molecule has 1 rings (SSSR count). The number of hydrogen-bond acceptors (Lipinski definition) is 3. The number of phenolic OH excluding ortho intramolecular Hbond substituents is 1. The van der Waals surface area contributed by atoms with Gasteiger partial charge in [-0.3, -0.25) is 0 Å². The van der Waals surface area contributed by atoms with Gasteiger partial charge in [-0.05, 0) is 18.6 Å². The Labute approximate surface area is 75.8 Å². The first-order valence-electron chi connectivity index (χ1n) is 3.83. The number of amides is 1. The highest BCUT2D eigenvalue weighted by Crippen LogP contribution is 2.17. The van der Waals surface area contributed by atoms with Crippen LogP contribution in [0.1, 0.15) is 11.1 Å². The molecule has 0 atom stereocenters. The van der Waals surface area contributed by atoms with Gasteiger partial charge < -0.3 is 20.3 Å². The zero-order valence-electron chi connectivity index (χ0n) is 7.20. The summed E-state index contributed by atoms with van der Waals surface area (Å²) in [6, 6.07) is 5.04. The first-order chi connectivity index (χ1) is 6.09. The molecule has 0 aliphatic heterocycles. The van der Waals surface area contributed by atoms with Crippen LogP contribution in [0.2, 0.25) is 0 Å². The highest BCUT2D eigenvalue weighted by molar-refractivity contribution is 5.62. The Morgan fingerprint density at radius 3 is 2.85 bits per heavy atom. The number of aromatic hydroxyl groups is 1. The molecule has 0 spiro atoms. The Kier molecular flexibility index (Phi) is 2.74. The fraction of sp³-hybridized carbons (Fsp3) is 0.222. The van der Waals surface area contributed by atoms with Gasteiger partial charge in [-0.2, -0.15) is 0 Å². The molecule has 0 saturated carbocycles. The van der Waals surface area contributed by atoms with Crippen LogP contribution in [0.4, 0.5) is 4.79 Å². The number of carbonyl (C=O) groups is 1. The van der Waals surface area contributed by atoms with Gasteiger partial charge in [-0.15, -0.1) is 0 Å². The minimum absolute atomic E-state index is 0.0639. The number of carboxylic acid groups (broad SMARTS) is 1. The molecule has 2 N–H and O–H groups in total. The molecule has 0 saturated heterocycles. The van der Waals surface area contributed by atoms with Crippen LogP contribution in [0.25, 0.3) is 0 Å². The second-order valence-electron chi connectivity index (χ2n) is 2.77. The second-order valence-corrected chi connectivity index (χ2v) is 2.77. The zero-order valence-corrected chi connectivity index (χ0v) is 7.20. The van der Waals surface area contributed by atoms with Crippen molar-refractivity contribution in [2.75, 3.05) is 0 Å². The van der Waals surface area contributed by atoms with Gasteiger partial charge in [0.15, 0.2) is 0 Å². The number of nitrogens with one attached hydrogen (secondary N) is 1. The van der Waals surface area contributed by atoms with Crippen LogP contribution in [0.3, 0.4) is 0 Å². The molecule has 4 nitrogen and oxygen atoms in total. The van der Waals surface area contributed by atoms with Crippen molar-refractivity contribution in [3.63, 3.8) is 0 Å². The largest absolute Gasteiger partial charge is 0.530 e. The van der Waals surface area contributed by atoms with Crippen LogP contribution in [0.15, 0.2) is 18.2 Å². The Balaban J connectivity index is 2.72. The van der Waals surface area contributed by atoms with E-state index in [2.05, 4.69) is 5.32 Å². The molecule has 1 aromatic rings. The van der Waals surface area contributed by atoms with E-state index in [9.17, 15) is 15.0 Å². The maximum Gasteiger partial charge on any atom is 0.134 e. The number of rotatable bonds is 2. The molecule has 0 fully saturated rings. The minimum atomic E-state index is -1.35. The van der Waals surface area contributed by atoms with E-state index >= 15 is 0 Å². The molecule has 1 aromatic carbocycles. The number of benzene rings is 1. The molecule has 4 heteroatoms. The van der Waals surface area contributed by atoms with Crippen molar-refractivity contribution in [2.24, 2.45) is 0 Å². The van der Waals surface area contributed by atoms with Crippen molar-refractivity contribution in [1.29, 1.82) is 0 Å². The lowest BCUT2D eigenvalue weighted by Gasteiger charge is -2.08. The third-order valence-electron chi connectivity index (χ3n) is 1.66. The van der Waals surface area contributed by atoms with Crippen molar-refractivity contribution < 1.29 is 15.0 Å². The molecule has 0 radical (unpaired) electrons. The second kappa shape index (κ2) is 3.80. The summed E-state index contributed by atoms with van der Waals surface area (Å²) in [4.78, 5) is 10.0. The summed E-state index contributed by atoms with van der Waals surface area (Å²) < 4.78 is 0. The summed E-state index contributed by atoms with van der Waals surface area (Å²) in [5.41, 5.74) is 1.46. The van der Waals surface area contributed by atoms with Gasteiger partial charge in [0.05, 0.1) is 0 Å². The average molecular weight is 180 g/mol. The first kappa shape index (κ1) is 9.38. The van der Waals surface area contributed by atoms with E-state index in [4.69, 9.17) is 0 Å². The molecule has 70 valence electrons. The lowest BCUT2D eigenvalue weighted by atomic mass is 10.1. The average Bonchev–Trinajstić information content (AvgIpc) is 2.02. The number of phenols is 1. The van der Waals surface area contributed by atoms with Crippen LogP contribution < -0.4 is 10.4 Å². The minimum Gasteiger partial charge on any atom is -0.530 e. The summed E-state index contributed by atoms with van der Waals surface area (Å²) in [6.07, 6.45) is -1.35. The Hall–Kier alpha value is -1.71. The molecular weight excluding hydrogens is 170 g/mol. The molecule has 0 heterocycles. The van der Waals surface area contributed by atoms with Crippen LogP contribution in [-0.2, 0) is 6.54 Å². The van der Waals surface area contributed by atoms with Crippen LogP contribution in [0, 0.1) is 6.92 Å². The summed E-state index contributed by atoms with van der Waals surface area (Å²) in [6.45, 7) is 1.91. The Morgan fingerprint density at radius 2 is 2.31 bits per heavy atom. The Bertz CT molecular complexity index is 323. The molecule has 1 amide bonds. The van der Waals surface area contributed by atoms with Gasteiger partial charge in [-0.25, -0.2) is 0 Å².